The zero-order valence-corrected chi connectivity index (χ0v) is 28.2. The first-order valence-electron chi connectivity index (χ1n) is 14.1. The summed E-state index contributed by atoms with van der Waals surface area (Å²) in [5, 5.41) is 11.4. The number of aromatic nitrogens is 3. The number of nitrogens with zero attached hydrogens (tertiary/aromatic N) is 4. The smallest absolute Gasteiger partial charge is 0.272 e. The summed E-state index contributed by atoms with van der Waals surface area (Å²) >= 11 is 19.0. The number of ether oxygens (including phenoxy) is 1. The second-order valence-electron chi connectivity index (χ2n) is 10.6. The SMILES string of the molecule is Cn1cc(NC(=O)c2cc(NC(=O)c3cc(NC(=O)c4sc(Cl)c(Cl)c4Cl)cn3C)cn2C)cc1C(=O)NCCN1CCOCC1. The first kappa shape index (κ1) is 33.6. The van der Waals surface area contributed by atoms with E-state index < -0.39 is 17.7 Å². The Morgan fingerprint density at radius 3 is 1.63 bits per heavy atom. The summed E-state index contributed by atoms with van der Waals surface area (Å²) in [5.41, 5.74) is 2.12. The molecular formula is C29H31Cl3N8O5S. The van der Waals surface area contributed by atoms with Crippen molar-refractivity contribution in [1.82, 2.24) is 23.9 Å². The van der Waals surface area contributed by atoms with Crippen molar-refractivity contribution in [2.45, 2.75) is 0 Å². The lowest BCUT2D eigenvalue weighted by Gasteiger charge is -2.26. The van der Waals surface area contributed by atoms with Crippen molar-refractivity contribution in [3.8, 4) is 0 Å². The Kier molecular flexibility index (Phi) is 10.5. The minimum Gasteiger partial charge on any atom is -0.379 e. The largest absolute Gasteiger partial charge is 0.379 e. The standard InChI is InChI=1S/C29H31Cl3N8O5S/c1-37-13-16(10-19(37)26(41)33-4-5-40-6-8-45-9-7-40)34-27(42)20-11-17(14-38(20)2)35-28(43)21-12-18(15-39(21)3)36-29(44)24-22(30)23(31)25(32)46-24/h10-15H,4-9H2,1-3H3,(H,33,41)(H,34,42)(H,35,43)(H,36,44). The van der Waals surface area contributed by atoms with Gasteiger partial charge in [-0.25, -0.2) is 0 Å². The minimum absolute atomic E-state index is 0.0558. The molecule has 1 saturated heterocycles. The van der Waals surface area contributed by atoms with E-state index in [-0.39, 0.29) is 36.6 Å². The van der Waals surface area contributed by atoms with E-state index in [1.54, 1.807) is 59.5 Å². The first-order chi connectivity index (χ1) is 21.9. The van der Waals surface area contributed by atoms with Gasteiger partial charge < -0.3 is 39.7 Å². The lowest BCUT2D eigenvalue weighted by molar-refractivity contribution is 0.0383. The fourth-order valence-corrected chi connectivity index (χ4v) is 6.61. The van der Waals surface area contributed by atoms with Crippen LogP contribution in [0.5, 0.6) is 0 Å². The van der Waals surface area contributed by atoms with Crippen molar-refractivity contribution in [1.29, 1.82) is 0 Å². The van der Waals surface area contributed by atoms with E-state index in [2.05, 4.69) is 26.2 Å². The van der Waals surface area contributed by atoms with Crippen LogP contribution >= 0.6 is 46.1 Å². The molecule has 0 aliphatic carbocycles. The van der Waals surface area contributed by atoms with Gasteiger partial charge in [-0.1, -0.05) is 34.8 Å². The van der Waals surface area contributed by atoms with Crippen molar-refractivity contribution in [2.24, 2.45) is 21.1 Å². The molecule has 0 saturated carbocycles. The number of carbonyl (C=O) groups excluding carboxylic acids is 4. The summed E-state index contributed by atoms with van der Waals surface area (Å²) in [6, 6.07) is 4.64. The van der Waals surface area contributed by atoms with Gasteiger partial charge in [0, 0.05) is 65.9 Å². The summed E-state index contributed by atoms with van der Waals surface area (Å²) in [6.45, 7) is 4.29. The topological polar surface area (TPSA) is 144 Å². The highest BCUT2D eigenvalue weighted by atomic mass is 35.5. The maximum absolute atomic E-state index is 13.1. The van der Waals surface area contributed by atoms with E-state index in [9.17, 15) is 19.2 Å². The van der Waals surface area contributed by atoms with E-state index in [0.29, 0.717) is 42.5 Å². The molecular weight excluding hydrogens is 679 g/mol. The number of nitrogens with one attached hydrogen (secondary N) is 4. The molecule has 4 aromatic rings. The summed E-state index contributed by atoms with van der Waals surface area (Å²) in [4.78, 5) is 54.0. The Labute approximate surface area is 283 Å². The van der Waals surface area contributed by atoms with Gasteiger partial charge in [0.2, 0.25) is 0 Å². The molecule has 17 heteroatoms. The Morgan fingerprint density at radius 2 is 1.17 bits per heavy atom. The van der Waals surface area contributed by atoms with Crippen LogP contribution in [0.3, 0.4) is 0 Å². The third-order valence-electron chi connectivity index (χ3n) is 7.27. The predicted molar refractivity (Wildman–Crippen MR) is 179 cm³/mol. The number of amides is 4. The van der Waals surface area contributed by atoms with Gasteiger partial charge in [0.1, 0.15) is 26.3 Å². The first-order valence-corrected chi connectivity index (χ1v) is 16.0. The highest BCUT2D eigenvalue weighted by Crippen LogP contribution is 2.40. The average molecular weight is 710 g/mol. The van der Waals surface area contributed by atoms with Crippen molar-refractivity contribution in [3.05, 3.63) is 73.1 Å². The molecule has 1 aliphatic rings. The molecule has 5 heterocycles. The highest BCUT2D eigenvalue weighted by molar-refractivity contribution is 7.19. The molecule has 5 rings (SSSR count). The Bertz CT molecular complexity index is 1800. The molecule has 0 radical (unpaired) electrons. The van der Waals surface area contributed by atoms with Crippen molar-refractivity contribution < 1.29 is 23.9 Å². The average Bonchev–Trinajstić information content (AvgIpc) is 3.75. The molecule has 0 atom stereocenters. The third-order valence-corrected chi connectivity index (χ3v) is 9.84. The quantitative estimate of drug-likeness (QED) is 0.191. The van der Waals surface area contributed by atoms with E-state index in [1.807, 2.05) is 0 Å². The molecule has 0 aromatic carbocycles. The minimum atomic E-state index is -0.519. The van der Waals surface area contributed by atoms with Gasteiger partial charge in [0.15, 0.2) is 0 Å². The number of anilines is 3. The number of aryl methyl sites for hydroxylation is 3. The van der Waals surface area contributed by atoms with E-state index >= 15 is 0 Å². The molecule has 244 valence electrons. The molecule has 1 fully saturated rings. The van der Waals surface area contributed by atoms with Crippen LogP contribution in [0.25, 0.3) is 0 Å². The van der Waals surface area contributed by atoms with Crippen LogP contribution in [0.4, 0.5) is 17.1 Å². The van der Waals surface area contributed by atoms with Crippen LogP contribution in [0.1, 0.15) is 41.1 Å². The van der Waals surface area contributed by atoms with E-state index in [1.165, 1.54) is 12.1 Å². The fraction of sp³-hybridized carbons (Fsp3) is 0.310. The van der Waals surface area contributed by atoms with Crippen LogP contribution in [-0.2, 0) is 25.9 Å². The van der Waals surface area contributed by atoms with Crippen molar-refractivity contribution >= 4 is 86.8 Å². The monoisotopic (exact) mass is 708 g/mol. The zero-order valence-electron chi connectivity index (χ0n) is 25.1. The molecule has 0 spiro atoms. The number of morpholine rings is 1. The van der Waals surface area contributed by atoms with Gasteiger partial charge in [-0.2, -0.15) is 0 Å². The number of hydrogen-bond donors (Lipinski definition) is 4. The summed E-state index contributed by atoms with van der Waals surface area (Å²) in [7, 11) is 5.05. The molecule has 0 bridgehead atoms. The van der Waals surface area contributed by atoms with Crippen molar-refractivity contribution in [2.75, 3.05) is 55.3 Å². The Morgan fingerprint density at radius 1 is 0.717 bits per heavy atom. The lowest BCUT2D eigenvalue weighted by Crippen LogP contribution is -2.41. The molecule has 1 aliphatic heterocycles. The second-order valence-corrected chi connectivity index (χ2v) is 13.0. The second kappa shape index (κ2) is 14.3. The summed E-state index contributed by atoms with van der Waals surface area (Å²) in [6.07, 6.45) is 4.82. The van der Waals surface area contributed by atoms with Gasteiger partial charge in [-0.15, -0.1) is 11.3 Å². The highest BCUT2D eigenvalue weighted by Gasteiger charge is 2.22. The van der Waals surface area contributed by atoms with Crippen molar-refractivity contribution in [3.63, 3.8) is 0 Å². The van der Waals surface area contributed by atoms with E-state index in [0.717, 1.165) is 31.0 Å². The van der Waals surface area contributed by atoms with Crippen LogP contribution in [0.15, 0.2) is 36.8 Å². The number of carbonyl (C=O) groups is 4. The van der Waals surface area contributed by atoms with Gasteiger partial charge in [-0.05, 0) is 18.2 Å². The number of rotatable bonds is 10. The fourth-order valence-electron chi connectivity index (χ4n) is 4.91. The lowest BCUT2D eigenvalue weighted by atomic mass is 10.3. The molecule has 4 N–H and O–H groups in total. The van der Waals surface area contributed by atoms with Gasteiger partial charge in [0.05, 0.1) is 40.3 Å². The van der Waals surface area contributed by atoms with Gasteiger partial charge in [0.25, 0.3) is 23.6 Å². The third kappa shape index (κ3) is 7.60. The Balaban J connectivity index is 1.18. The maximum atomic E-state index is 13.1. The normalized spacial score (nSPS) is 13.4. The molecule has 0 unspecified atom stereocenters. The number of halogens is 3. The Hall–Kier alpha value is -3.79. The molecule has 4 aromatic heterocycles. The zero-order chi connectivity index (χ0) is 33.1. The predicted octanol–water partition coefficient (Wildman–Crippen LogP) is 4.54. The van der Waals surface area contributed by atoms with Crippen LogP contribution in [-0.4, -0.2) is 81.6 Å². The van der Waals surface area contributed by atoms with Crippen LogP contribution in [0.2, 0.25) is 14.4 Å². The summed E-state index contributed by atoms with van der Waals surface area (Å²) in [5.74, 6) is -1.65. The number of thiophene rings is 1. The van der Waals surface area contributed by atoms with Crippen LogP contribution < -0.4 is 21.3 Å². The molecule has 4 amide bonds. The molecule has 46 heavy (non-hydrogen) atoms. The van der Waals surface area contributed by atoms with E-state index in [4.69, 9.17) is 39.5 Å². The van der Waals surface area contributed by atoms with Crippen LogP contribution in [0, 0.1) is 0 Å². The van der Waals surface area contributed by atoms with Gasteiger partial charge >= 0.3 is 0 Å². The number of hydrogen-bond acceptors (Lipinski definition) is 7. The maximum Gasteiger partial charge on any atom is 0.272 e. The van der Waals surface area contributed by atoms with Gasteiger partial charge in [-0.3, -0.25) is 24.1 Å². The molecule has 13 nitrogen and oxygen atoms in total. The summed E-state index contributed by atoms with van der Waals surface area (Å²) < 4.78 is 10.3.